The molecule has 5 heteroatoms. The molecule has 4 rings (SSSR count). The third-order valence-corrected chi connectivity index (χ3v) is 6.15. The molecule has 126 valence electrons. The second-order valence-corrected chi connectivity index (χ2v) is 7.41. The summed E-state index contributed by atoms with van der Waals surface area (Å²) in [7, 11) is 0. The molecule has 0 unspecified atom stereocenters. The number of nitrogens with one attached hydrogen (secondary N) is 1. The van der Waals surface area contributed by atoms with E-state index in [4.69, 9.17) is 4.42 Å². The number of carbonyl (C=O) groups excluding carboxylic acids is 1. The number of hydrogen-bond acceptors (Lipinski definition) is 4. The van der Waals surface area contributed by atoms with Crippen molar-refractivity contribution in [3.8, 4) is 0 Å². The number of carbonyl (C=O) groups is 1. The largest absolute Gasteiger partial charge is 0.447 e. The predicted molar refractivity (Wildman–Crippen MR) is 87.3 cm³/mol. The van der Waals surface area contributed by atoms with Crippen molar-refractivity contribution >= 4 is 5.91 Å². The minimum absolute atomic E-state index is 0.0827. The summed E-state index contributed by atoms with van der Waals surface area (Å²) < 4.78 is 5.62. The quantitative estimate of drug-likeness (QED) is 0.931. The average Bonchev–Trinajstić information content (AvgIpc) is 3.04. The van der Waals surface area contributed by atoms with Gasteiger partial charge in [-0.15, -0.1) is 0 Å². The van der Waals surface area contributed by atoms with Crippen LogP contribution < -0.4 is 5.32 Å². The van der Waals surface area contributed by atoms with Crippen LogP contribution in [-0.4, -0.2) is 42.0 Å². The lowest BCUT2D eigenvalue weighted by Gasteiger charge is -2.39. The van der Waals surface area contributed by atoms with Gasteiger partial charge in [-0.1, -0.05) is 19.3 Å². The summed E-state index contributed by atoms with van der Waals surface area (Å²) in [6.45, 7) is 3.76. The fourth-order valence-corrected chi connectivity index (χ4v) is 4.42. The van der Waals surface area contributed by atoms with Gasteiger partial charge in [0.1, 0.15) is 5.76 Å². The Morgan fingerprint density at radius 1 is 1.09 bits per heavy atom. The van der Waals surface area contributed by atoms with Crippen LogP contribution >= 0.6 is 0 Å². The van der Waals surface area contributed by atoms with Crippen LogP contribution in [0.1, 0.15) is 67.1 Å². The highest BCUT2D eigenvalue weighted by molar-refractivity contribution is 5.93. The Balaban J connectivity index is 1.40. The second-order valence-electron chi connectivity index (χ2n) is 7.41. The van der Waals surface area contributed by atoms with Crippen molar-refractivity contribution < 1.29 is 9.21 Å². The Morgan fingerprint density at radius 2 is 1.78 bits per heavy atom. The first kappa shape index (κ1) is 15.2. The molecular formula is C18H27N3O2. The SMILES string of the molecule is O=C(c1ncoc1C1CCNCC1)N1CCC(C2CCC2)CC1. The summed E-state index contributed by atoms with van der Waals surface area (Å²) in [5, 5.41) is 3.36. The van der Waals surface area contributed by atoms with Crippen molar-refractivity contribution in [1.82, 2.24) is 15.2 Å². The van der Waals surface area contributed by atoms with E-state index in [-0.39, 0.29) is 5.91 Å². The zero-order valence-electron chi connectivity index (χ0n) is 13.8. The summed E-state index contributed by atoms with van der Waals surface area (Å²) >= 11 is 0. The predicted octanol–water partition coefficient (Wildman–Crippen LogP) is 2.79. The molecule has 3 heterocycles. The van der Waals surface area contributed by atoms with Gasteiger partial charge >= 0.3 is 0 Å². The van der Waals surface area contributed by atoms with Gasteiger partial charge in [0.15, 0.2) is 12.1 Å². The molecule has 0 radical (unpaired) electrons. The van der Waals surface area contributed by atoms with Gasteiger partial charge in [-0.2, -0.15) is 0 Å². The smallest absolute Gasteiger partial charge is 0.276 e. The average molecular weight is 317 g/mol. The molecule has 5 nitrogen and oxygen atoms in total. The lowest BCUT2D eigenvalue weighted by Crippen LogP contribution is -2.41. The van der Waals surface area contributed by atoms with Crippen molar-refractivity contribution in [2.75, 3.05) is 26.2 Å². The standard InChI is InChI=1S/C18H27N3O2/c22-18(21-10-6-14(7-11-21)13-2-1-3-13)16-17(23-12-20-16)15-4-8-19-9-5-15/h12-15,19H,1-11H2. The first-order valence-corrected chi connectivity index (χ1v) is 9.26. The first-order valence-electron chi connectivity index (χ1n) is 9.26. The van der Waals surface area contributed by atoms with Crippen molar-refractivity contribution in [3.63, 3.8) is 0 Å². The van der Waals surface area contributed by atoms with E-state index in [0.29, 0.717) is 11.6 Å². The molecule has 1 aromatic rings. The summed E-state index contributed by atoms with van der Waals surface area (Å²) in [4.78, 5) is 19.1. The molecule has 0 spiro atoms. The molecule has 1 saturated carbocycles. The van der Waals surface area contributed by atoms with E-state index in [9.17, 15) is 4.79 Å². The number of amides is 1. The van der Waals surface area contributed by atoms with Gasteiger partial charge in [0.05, 0.1) is 0 Å². The molecular weight excluding hydrogens is 290 g/mol. The van der Waals surface area contributed by atoms with Gasteiger partial charge in [0.2, 0.25) is 0 Å². The number of aromatic nitrogens is 1. The molecule has 0 bridgehead atoms. The minimum Gasteiger partial charge on any atom is -0.447 e. The maximum Gasteiger partial charge on any atom is 0.276 e. The van der Waals surface area contributed by atoms with Crippen LogP contribution in [0.4, 0.5) is 0 Å². The molecule has 3 aliphatic rings. The maximum atomic E-state index is 12.9. The van der Waals surface area contributed by atoms with E-state index < -0.39 is 0 Å². The first-order chi connectivity index (χ1) is 11.3. The summed E-state index contributed by atoms with van der Waals surface area (Å²) in [5.74, 6) is 3.01. The molecule has 1 amide bonds. The van der Waals surface area contributed by atoms with E-state index in [2.05, 4.69) is 10.3 Å². The highest BCUT2D eigenvalue weighted by Gasteiger charge is 2.34. The van der Waals surface area contributed by atoms with Gasteiger partial charge < -0.3 is 14.6 Å². The van der Waals surface area contributed by atoms with Crippen LogP contribution in [-0.2, 0) is 0 Å². The number of hydrogen-bond donors (Lipinski definition) is 1. The monoisotopic (exact) mass is 317 g/mol. The summed E-state index contributed by atoms with van der Waals surface area (Å²) in [6, 6.07) is 0. The third-order valence-electron chi connectivity index (χ3n) is 6.15. The molecule has 1 N–H and O–H groups in total. The fraction of sp³-hybridized carbons (Fsp3) is 0.778. The van der Waals surface area contributed by atoms with Gasteiger partial charge in [0.25, 0.3) is 5.91 Å². The molecule has 3 fully saturated rings. The molecule has 1 aliphatic carbocycles. The minimum atomic E-state index is 0.0827. The Bertz CT molecular complexity index is 538. The summed E-state index contributed by atoms with van der Waals surface area (Å²) in [6.07, 6.45) is 10.0. The van der Waals surface area contributed by atoms with Crippen LogP contribution in [0.15, 0.2) is 10.8 Å². The topological polar surface area (TPSA) is 58.4 Å². The Hall–Kier alpha value is -1.36. The van der Waals surface area contributed by atoms with Crippen LogP contribution in [0.25, 0.3) is 0 Å². The van der Waals surface area contributed by atoms with Gasteiger partial charge in [-0.25, -0.2) is 4.98 Å². The van der Waals surface area contributed by atoms with Crippen molar-refractivity contribution in [3.05, 3.63) is 17.8 Å². The Morgan fingerprint density at radius 3 is 2.43 bits per heavy atom. The van der Waals surface area contributed by atoms with E-state index in [1.165, 1.54) is 25.7 Å². The number of likely N-dealkylation sites (tertiary alicyclic amines) is 1. The second kappa shape index (κ2) is 6.63. The molecule has 1 aromatic heterocycles. The molecule has 23 heavy (non-hydrogen) atoms. The summed E-state index contributed by atoms with van der Waals surface area (Å²) in [5.41, 5.74) is 0.569. The number of oxazole rings is 1. The Labute approximate surface area is 137 Å². The van der Waals surface area contributed by atoms with Gasteiger partial charge in [0, 0.05) is 19.0 Å². The van der Waals surface area contributed by atoms with E-state index >= 15 is 0 Å². The van der Waals surface area contributed by atoms with Crippen LogP contribution in [0, 0.1) is 11.8 Å². The van der Waals surface area contributed by atoms with Gasteiger partial charge in [-0.3, -0.25) is 4.79 Å². The normalized spacial score (nSPS) is 24.6. The number of rotatable bonds is 3. The fourth-order valence-electron chi connectivity index (χ4n) is 4.42. The van der Waals surface area contributed by atoms with E-state index in [0.717, 1.165) is 69.5 Å². The van der Waals surface area contributed by atoms with Crippen LogP contribution in [0.3, 0.4) is 0 Å². The third kappa shape index (κ3) is 3.03. The molecule has 0 atom stereocenters. The highest BCUT2D eigenvalue weighted by atomic mass is 16.3. The highest BCUT2D eigenvalue weighted by Crippen LogP contribution is 2.39. The van der Waals surface area contributed by atoms with Crippen LogP contribution in [0.2, 0.25) is 0 Å². The van der Waals surface area contributed by atoms with Crippen LogP contribution in [0.5, 0.6) is 0 Å². The Kier molecular flexibility index (Phi) is 4.38. The molecule has 2 saturated heterocycles. The lowest BCUT2D eigenvalue weighted by molar-refractivity contribution is 0.0601. The van der Waals surface area contributed by atoms with Crippen molar-refractivity contribution in [2.45, 2.75) is 50.9 Å². The molecule has 0 aromatic carbocycles. The number of piperidine rings is 2. The zero-order chi connectivity index (χ0) is 15.6. The number of nitrogens with zero attached hydrogens (tertiary/aromatic N) is 2. The van der Waals surface area contributed by atoms with Crippen molar-refractivity contribution in [2.24, 2.45) is 11.8 Å². The lowest BCUT2D eigenvalue weighted by atomic mass is 9.72. The van der Waals surface area contributed by atoms with E-state index in [1.54, 1.807) is 0 Å². The zero-order valence-corrected chi connectivity index (χ0v) is 13.8. The van der Waals surface area contributed by atoms with Crippen molar-refractivity contribution in [1.29, 1.82) is 0 Å². The van der Waals surface area contributed by atoms with Gasteiger partial charge in [-0.05, 0) is 50.6 Å². The van der Waals surface area contributed by atoms with E-state index in [1.807, 2.05) is 4.90 Å². The molecule has 2 aliphatic heterocycles. The maximum absolute atomic E-state index is 12.9.